The van der Waals surface area contributed by atoms with E-state index in [0.29, 0.717) is 5.56 Å². The van der Waals surface area contributed by atoms with Crippen molar-refractivity contribution in [3.05, 3.63) is 24.0 Å². The maximum atomic E-state index is 12.2. The Bertz CT molecular complexity index is 453. The maximum Gasteiger partial charge on any atom is 0.254 e. The second kappa shape index (κ2) is 8.01. The number of anilines is 1. The van der Waals surface area contributed by atoms with Crippen LogP contribution in [0.15, 0.2) is 18.5 Å². The predicted octanol–water partition coefficient (Wildman–Crippen LogP) is 3.46. The third kappa shape index (κ3) is 4.73. The first-order valence-corrected chi connectivity index (χ1v) is 8.16. The van der Waals surface area contributed by atoms with Gasteiger partial charge in [-0.2, -0.15) is 0 Å². The molecule has 2 rings (SSSR count). The topological polar surface area (TPSA) is 54.0 Å². The largest absolute Gasteiger partial charge is 0.385 e. The number of nitrogens with zero attached hydrogens (tertiary/aromatic N) is 1. The number of carbonyl (C=O) groups excluding carboxylic acids is 1. The average molecular weight is 289 g/mol. The van der Waals surface area contributed by atoms with Crippen molar-refractivity contribution in [3.8, 4) is 0 Å². The fraction of sp³-hybridized carbons (Fsp3) is 0.647. The fourth-order valence-electron chi connectivity index (χ4n) is 3.02. The number of carbonyl (C=O) groups is 1. The summed E-state index contributed by atoms with van der Waals surface area (Å²) in [6.07, 6.45) is 9.74. The van der Waals surface area contributed by atoms with Gasteiger partial charge in [-0.05, 0) is 31.2 Å². The van der Waals surface area contributed by atoms with Crippen molar-refractivity contribution < 1.29 is 4.79 Å². The molecule has 1 aliphatic carbocycles. The lowest BCUT2D eigenvalue weighted by atomic mass is 9.81. The zero-order valence-electron chi connectivity index (χ0n) is 13.2. The van der Waals surface area contributed by atoms with E-state index in [1.807, 2.05) is 13.0 Å². The molecule has 1 aromatic rings. The molecule has 0 bridgehead atoms. The number of aromatic nitrogens is 1. The van der Waals surface area contributed by atoms with Crippen molar-refractivity contribution in [3.63, 3.8) is 0 Å². The molecule has 1 fully saturated rings. The summed E-state index contributed by atoms with van der Waals surface area (Å²) >= 11 is 0. The van der Waals surface area contributed by atoms with Gasteiger partial charge < -0.3 is 10.6 Å². The SMILES string of the molecule is CCNc1ccncc1C(=O)NCCC1CCC(C)CC1. The van der Waals surface area contributed by atoms with Crippen LogP contribution in [0.25, 0.3) is 0 Å². The molecule has 0 aliphatic heterocycles. The third-order valence-electron chi connectivity index (χ3n) is 4.41. The lowest BCUT2D eigenvalue weighted by Gasteiger charge is -2.26. The van der Waals surface area contributed by atoms with Crippen LogP contribution in [-0.4, -0.2) is 24.0 Å². The second-order valence-electron chi connectivity index (χ2n) is 6.12. The molecule has 2 N–H and O–H groups in total. The Kier molecular flexibility index (Phi) is 6.03. The minimum absolute atomic E-state index is 0.0248. The molecule has 0 aromatic carbocycles. The van der Waals surface area contributed by atoms with Crippen LogP contribution in [0.2, 0.25) is 0 Å². The lowest BCUT2D eigenvalue weighted by Crippen LogP contribution is -2.27. The lowest BCUT2D eigenvalue weighted by molar-refractivity contribution is 0.0950. The van der Waals surface area contributed by atoms with E-state index in [0.717, 1.165) is 37.0 Å². The summed E-state index contributed by atoms with van der Waals surface area (Å²) < 4.78 is 0. The van der Waals surface area contributed by atoms with Crippen LogP contribution < -0.4 is 10.6 Å². The Hall–Kier alpha value is -1.58. The molecule has 4 heteroatoms. The molecule has 4 nitrogen and oxygen atoms in total. The molecule has 0 unspecified atom stereocenters. The number of amides is 1. The quantitative estimate of drug-likeness (QED) is 0.843. The van der Waals surface area contributed by atoms with Crippen LogP contribution in [0.1, 0.15) is 56.3 Å². The van der Waals surface area contributed by atoms with Gasteiger partial charge in [0.2, 0.25) is 0 Å². The van der Waals surface area contributed by atoms with Crippen molar-refractivity contribution in [2.75, 3.05) is 18.4 Å². The summed E-state index contributed by atoms with van der Waals surface area (Å²) in [5, 5.41) is 6.24. The molecule has 1 amide bonds. The van der Waals surface area contributed by atoms with E-state index in [1.54, 1.807) is 12.4 Å². The molecule has 1 saturated carbocycles. The van der Waals surface area contributed by atoms with Crippen molar-refractivity contribution in [1.82, 2.24) is 10.3 Å². The number of nitrogens with one attached hydrogen (secondary N) is 2. The van der Waals surface area contributed by atoms with Gasteiger partial charge in [0.15, 0.2) is 0 Å². The smallest absolute Gasteiger partial charge is 0.254 e. The van der Waals surface area contributed by atoms with Crippen molar-refractivity contribution in [2.45, 2.75) is 46.0 Å². The van der Waals surface area contributed by atoms with Crippen molar-refractivity contribution >= 4 is 11.6 Å². The molecule has 0 radical (unpaired) electrons. The van der Waals surface area contributed by atoms with Crippen LogP contribution >= 0.6 is 0 Å². The van der Waals surface area contributed by atoms with Gasteiger partial charge in [-0.3, -0.25) is 9.78 Å². The number of pyridine rings is 1. The average Bonchev–Trinajstić information content (AvgIpc) is 2.50. The van der Waals surface area contributed by atoms with Crippen molar-refractivity contribution in [2.24, 2.45) is 11.8 Å². The zero-order chi connectivity index (χ0) is 15.1. The van der Waals surface area contributed by atoms with Gasteiger partial charge >= 0.3 is 0 Å². The van der Waals surface area contributed by atoms with Gasteiger partial charge in [0, 0.05) is 25.5 Å². The molecule has 0 saturated heterocycles. The zero-order valence-corrected chi connectivity index (χ0v) is 13.2. The van der Waals surface area contributed by atoms with Crippen LogP contribution in [0, 0.1) is 11.8 Å². The maximum absolute atomic E-state index is 12.2. The van der Waals surface area contributed by atoms with Gasteiger partial charge in [0.1, 0.15) is 0 Å². The van der Waals surface area contributed by atoms with E-state index < -0.39 is 0 Å². The first-order chi connectivity index (χ1) is 10.2. The van der Waals surface area contributed by atoms with Gasteiger partial charge in [-0.25, -0.2) is 0 Å². The van der Waals surface area contributed by atoms with Gasteiger partial charge in [-0.15, -0.1) is 0 Å². The van der Waals surface area contributed by atoms with Gasteiger partial charge in [0.25, 0.3) is 5.91 Å². The normalized spacial score (nSPS) is 21.8. The highest BCUT2D eigenvalue weighted by Crippen LogP contribution is 2.29. The molecule has 0 spiro atoms. The minimum Gasteiger partial charge on any atom is -0.385 e. The second-order valence-corrected chi connectivity index (χ2v) is 6.12. The van der Waals surface area contributed by atoms with E-state index in [-0.39, 0.29) is 5.91 Å². The summed E-state index contributed by atoms with van der Waals surface area (Å²) in [5.41, 5.74) is 1.49. The van der Waals surface area contributed by atoms with Crippen LogP contribution in [0.3, 0.4) is 0 Å². The number of hydrogen-bond donors (Lipinski definition) is 2. The fourth-order valence-corrected chi connectivity index (χ4v) is 3.02. The molecule has 116 valence electrons. The highest BCUT2D eigenvalue weighted by molar-refractivity contribution is 5.99. The number of hydrogen-bond acceptors (Lipinski definition) is 3. The van der Waals surface area contributed by atoms with E-state index in [9.17, 15) is 4.79 Å². The summed E-state index contributed by atoms with van der Waals surface area (Å²) in [4.78, 5) is 16.3. The first-order valence-electron chi connectivity index (χ1n) is 8.16. The summed E-state index contributed by atoms with van der Waals surface area (Å²) in [6, 6.07) is 1.85. The molecular formula is C17H27N3O. The highest BCUT2D eigenvalue weighted by atomic mass is 16.1. The van der Waals surface area contributed by atoms with E-state index in [4.69, 9.17) is 0 Å². The Morgan fingerprint density at radius 2 is 2.10 bits per heavy atom. The van der Waals surface area contributed by atoms with Crippen LogP contribution in [-0.2, 0) is 0 Å². The van der Waals surface area contributed by atoms with Crippen LogP contribution in [0.4, 0.5) is 5.69 Å². The number of rotatable bonds is 6. The Morgan fingerprint density at radius 1 is 1.33 bits per heavy atom. The van der Waals surface area contributed by atoms with Crippen molar-refractivity contribution in [1.29, 1.82) is 0 Å². The third-order valence-corrected chi connectivity index (χ3v) is 4.41. The monoisotopic (exact) mass is 289 g/mol. The Morgan fingerprint density at radius 3 is 2.81 bits per heavy atom. The molecule has 1 aliphatic rings. The Balaban J connectivity index is 1.79. The van der Waals surface area contributed by atoms with Gasteiger partial charge in [0.05, 0.1) is 11.3 Å². The summed E-state index contributed by atoms with van der Waals surface area (Å²) in [6.45, 7) is 5.91. The first kappa shape index (κ1) is 15.8. The predicted molar refractivity (Wildman–Crippen MR) is 86.5 cm³/mol. The van der Waals surface area contributed by atoms with E-state index in [1.165, 1.54) is 25.7 Å². The molecule has 21 heavy (non-hydrogen) atoms. The van der Waals surface area contributed by atoms with Gasteiger partial charge in [-0.1, -0.05) is 32.6 Å². The van der Waals surface area contributed by atoms with Crippen LogP contribution in [0.5, 0.6) is 0 Å². The molecular weight excluding hydrogens is 262 g/mol. The van der Waals surface area contributed by atoms with E-state index >= 15 is 0 Å². The highest BCUT2D eigenvalue weighted by Gasteiger charge is 2.18. The summed E-state index contributed by atoms with van der Waals surface area (Å²) in [5.74, 6) is 1.64. The minimum atomic E-state index is -0.0248. The summed E-state index contributed by atoms with van der Waals surface area (Å²) in [7, 11) is 0. The molecule has 1 heterocycles. The Labute approximate surface area is 127 Å². The molecule has 0 atom stereocenters. The molecule has 1 aromatic heterocycles. The van der Waals surface area contributed by atoms with E-state index in [2.05, 4.69) is 22.5 Å². The standard InChI is InChI=1S/C17H27N3O/c1-3-19-16-9-10-18-12-15(16)17(21)20-11-8-14-6-4-13(2)5-7-14/h9-10,12-14H,3-8,11H2,1-2H3,(H,18,19)(H,20,21).